The first-order valence-corrected chi connectivity index (χ1v) is 39.7. The Morgan fingerprint density at radius 2 is 1.29 bits per heavy atom. The smallest absolute Gasteiger partial charge is 0.330 e. The summed E-state index contributed by atoms with van der Waals surface area (Å²) in [7, 11) is 1.46. The molecule has 3 fully saturated rings. The Balaban J connectivity index is 0.0000147. The van der Waals surface area contributed by atoms with Crippen LogP contribution >= 0.6 is 23.2 Å². The third kappa shape index (κ3) is 21.0. The van der Waals surface area contributed by atoms with Gasteiger partial charge in [-0.25, -0.2) is 4.79 Å². The molecule has 41 heteroatoms. The number of aliphatic carboxylic acids is 1. The third-order valence-corrected chi connectivity index (χ3v) is 22.1. The lowest BCUT2D eigenvalue weighted by Gasteiger charge is -2.46. The zero-order valence-corrected chi connectivity index (χ0v) is 67.6. The van der Waals surface area contributed by atoms with Crippen LogP contribution in [-0.2, 0) is 62.0 Å². The molecule has 0 radical (unpaired) electrons. The van der Waals surface area contributed by atoms with Crippen LogP contribution in [0.2, 0.25) is 10.0 Å². The van der Waals surface area contributed by atoms with Crippen LogP contribution in [0.1, 0.15) is 119 Å². The predicted molar refractivity (Wildman–Crippen MR) is 431 cm³/mol. The fourth-order valence-corrected chi connectivity index (χ4v) is 15.6. The van der Waals surface area contributed by atoms with Gasteiger partial charge in [-0.1, -0.05) is 80.9 Å². The van der Waals surface area contributed by atoms with Crippen LogP contribution in [0, 0.1) is 5.92 Å². The van der Waals surface area contributed by atoms with Crippen molar-refractivity contribution in [1.82, 2.24) is 42.5 Å². The average Bonchev–Trinajstić information content (AvgIpc) is 0.761. The zero-order valence-electron chi connectivity index (χ0n) is 66.0. The maximum absolute atomic E-state index is 16.4. The SMILES string of the molecule is C.CN[C@H](CC(C)C)C(=O)N[C@H]1C(=O)N[C@@H](CC(N)=O)C(=O)N[C@H]2C(=O)N[C@H]3C(=O)N[C@H](C(=O)N[C@@H](C(=O)O)c4cc(O)cc(O)c4-c4cc3ccc4O)[C@H](OC3C[C@](C)(N)[C@@H](O)[C@H](C)O3)c3ccc(c(Cl)c3)Oc3cc2cc(c3O[C@@H]2O[C@H](CO)[C@@H](O[C@@H]3O[C@H](CNCCCOc4ccccc4)[C@H](O)[C@H](O)[C@H]3O)[C@H](O)[C@H]2O)Oc2ccc(cc2Cl)[C@H]1O. The number of nitrogens with one attached hydrogen (secondary N) is 8. The Morgan fingerprint density at radius 1 is 0.667 bits per heavy atom. The first kappa shape index (κ1) is 93.3. The number of carboxylic acids is 1. The van der Waals surface area contributed by atoms with Crippen molar-refractivity contribution in [1.29, 1.82) is 0 Å². The van der Waals surface area contributed by atoms with Gasteiger partial charge in [-0.05, 0) is 135 Å². The van der Waals surface area contributed by atoms with E-state index in [1.165, 1.54) is 33.0 Å². The number of nitrogens with two attached hydrogens (primary N) is 2. The number of primary amides is 1. The Kier molecular flexibility index (Phi) is 30.1. The average molecular weight is 1760 g/mol. The minimum absolute atomic E-state index is 0. The van der Waals surface area contributed by atoms with Gasteiger partial charge in [0.05, 0.1) is 47.9 Å². The highest BCUT2D eigenvalue weighted by atomic mass is 35.5. The molecule has 7 amide bonds. The van der Waals surface area contributed by atoms with Gasteiger partial charge in [0.25, 0.3) is 0 Å². The molecule has 0 spiro atoms. The van der Waals surface area contributed by atoms with Crippen molar-refractivity contribution in [3.05, 3.63) is 147 Å². The van der Waals surface area contributed by atoms with Gasteiger partial charge < -0.3 is 158 Å². The Hall–Kier alpha value is -10.4. The lowest BCUT2D eigenvalue weighted by Crippen LogP contribution is -2.65. The van der Waals surface area contributed by atoms with E-state index in [1.807, 2.05) is 6.07 Å². The fourth-order valence-electron chi connectivity index (χ4n) is 15.1. The van der Waals surface area contributed by atoms with Crippen LogP contribution in [0.3, 0.4) is 0 Å². The molecule has 666 valence electrons. The maximum atomic E-state index is 16.4. The molecule has 8 heterocycles. The lowest BCUT2D eigenvalue weighted by molar-refractivity contribution is -0.350. The molecule has 0 aromatic heterocycles. The quantitative estimate of drug-likeness (QED) is 0.0415. The lowest BCUT2D eigenvalue weighted by atomic mass is 9.86. The monoisotopic (exact) mass is 1760 g/mol. The molecule has 0 saturated carbocycles. The number of halogens is 2. The second-order valence-corrected chi connectivity index (χ2v) is 31.9. The molecule has 8 aliphatic rings. The van der Waals surface area contributed by atoms with E-state index in [0.717, 1.165) is 66.7 Å². The van der Waals surface area contributed by atoms with Gasteiger partial charge in [0.15, 0.2) is 30.1 Å². The van der Waals surface area contributed by atoms with E-state index in [2.05, 4.69) is 42.5 Å². The van der Waals surface area contributed by atoms with Gasteiger partial charge in [-0.2, -0.15) is 0 Å². The topological polar surface area (TPSA) is 611 Å². The number of ether oxygens (including phenoxy) is 9. The molecule has 1 unspecified atom stereocenters. The minimum atomic E-state index is -2.42. The molecule has 23 atom stereocenters. The number of benzene rings is 6. The predicted octanol–water partition coefficient (Wildman–Crippen LogP) is 0.633. The standard InChI is InChI=1S/C81H96Cl2N10O29.CH4/c1-32(2)20-44(86-5)72(106)92-60-62(99)35-13-16-48(42(82)22-35)116-50-24-37-25-51(69(50)121-80-67(104)65(102)70(53(31-94)119-80)122-79-66(103)64(101)63(100)52(118-79)30-87-18-9-19-114-39-10-7-6-8-11-39)117-49-17-14-36(23-43(49)83)68(120-55-29-81(4,85)71(105)33(3)115-55)61-77(111)91-59(78(112)113)41-26-38(95)27-47(97)56(41)40-21-34(12-15-46(40)96)57(74(108)93-61)90-75(109)58(37)89-73(107)45(28-54(84)98)88-76(60)110;/h6-8,10-17,21-27,32-33,44-45,52-53,55,57-68,70-71,79-80,86-87,94-97,99-105H,9,18-20,28-31,85H2,1-5H3,(H2,84,98)(H,88,110)(H,89,107)(H,90,109)(H,91,111)(H,92,106)(H,93,108)(H,112,113);1H4/t33-,44+,45-,52+,53+,55?,57+,58+,59+,60+,61-,62+,63-,64-,65+,66+,67+,68+,70+,71-,79-,80-,81-;/m0./s1. The zero-order chi connectivity index (χ0) is 88.2. The summed E-state index contributed by atoms with van der Waals surface area (Å²) in [4.78, 5) is 120. The molecule has 123 heavy (non-hydrogen) atoms. The minimum Gasteiger partial charge on any atom is -0.508 e. The number of hydrogen-bond donors (Lipinski definition) is 22. The molecule has 24 N–H and O–H groups in total. The fraction of sp³-hybridized carbons (Fsp3) is 0.463. The number of carbonyl (C=O) groups excluding carboxylic acids is 7. The van der Waals surface area contributed by atoms with Crippen molar-refractivity contribution in [2.24, 2.45) is 17.4 Å². The summed E-state index contributed by atoms with van der Waals surface area (Å²) in [5.74, 6) is -16.0. The van der Waals surface area contributed by atoms with E-state index < -0.39 is 279 Å². The van der Waals surface area contributed by atoms with Gasteiger partial charge in [-0.3, -0.25) is 33.6 Å². The summed E-state index contributed by atoms with van der Waals surface area (Å²) in [5.41, 5.74) is 8.00. The summed E-state index contributed by atoms with van der Waals surface area (Å²) in [6, 6.07) is 8.02. The number of para-hydroxylation sites is 1. The van der Waals surface area contributed by atoms with E-state index in [4.69, 9.17) is 77.3 Å². The number of hydrogen-bond acceptors (Lipinski definition) is 31. The molecule has 14 rings (SSSR count). The number of rotatable bonds is 22. The van der Waals surface area contributed by atoms with Crippen LogP contribution in [0.5, 0.6) is 51.7 Å². The van der Waals surface area contributed by atoms with Crippen LogP contribution < -0.4 is 72.9 Å². The van der Waals surface area contributed by atoms with Gasteiger partial charge in [-0.15, -0.1) is 0 Å². The van der Waals surface area contributed by atoms with E-state index in [-0.39, 0.29) is 56.0 Å². The van der Waals surface area contributed by atoms with E-state index in [0.29, 0.717) is 18.7 Å². The van der Waals surface area contributed by atoms with Gasteiger partial charge >= 0.3 is 5.97 Å². The van der Waals surface area contributed by atoms with Crippen LogP contribution in [-0.4, -0.2) is 252 Å². The second-order valence-electron chi connectivity index (χ2n) is 31.1. The number of phenols is 3. The van der Waals surface area contributed by atoms with Crippen molar-refractivity contribution < 1.29 is 142 Å². The molecule has 8 aliphatic heterocycles. The van der Waals surface area contributed by atoms with E-state index in [9.17, 15) is 75.7 Å². The summed E-state index contributed by atoms with van der Waals surface area (Å²) in [5, 5.41) is 159. The Morgan fingerprint density at radius 3 is 1.93 bits per heavy atom. The summed E-state index contributed by atoms with van der Waals surface area (Å²) in [6.45, 7) is 5.89. The number of aromatic hydroxyl groups is 3. The number of fused-ring (bicyclic) bond motifs is 15. The van der Waals surface area contributed by atoms with E-state index in [1.54, 1.807) is 38.1 Å². The largest absolute Gasteiger partial charge is 0.508 e. The van der Waals surface area contributed by atoms with Crippen LogP contribution in [0.4, 0.5) is 0 Å². The summed E-state index contributed by atoms with van der Waals surface area (Å²) >= 11 is 14.5. The van der Waals surface area contributed by atoms with Crippen molar-refractivity contribution in [2.45, 2.75) is 201 Å². The highest BCUT2D eigenvalue weighted by Crippen LogP contribution is 2.50. The van der Waals surface area contributed by atoms with Crippen molar-refractivity contribution in [3.8, 4) is 62.9 Å². The Labute approximate surface area is 713 Å². The molecular weight excluding hydrogens is 1660 g/mol. The van der Waals surface area contributed by atoms with Crippen molar-refractivity contribution in [3.63, 3.8) is 0 Å². The molecule has 3 saturated heterocycles. The number of carbonyl (C=O) groups is 8. The molecule has 6 aromatic carbocycles. The number of aliphatic hydroxyl groups excluding tert-OH is 8. The molecule has 11 bridgehead atoms. The number of likely N-dealkylation sites (N-methyl/N-ethyl adjacent to an activating group) is 1. The van der Waals surface area contributed by atoms with Gasteiger partial charge in [0.2, 0.25) is 53.4 Å². The van der Waals surface area contributed by atoms with Gasteiger partial charge in [0, 0.05) is 41.3 Å². The normalized spacial score (nSPS) is 29.9. The molecule has 6 aromatic rings. The van der Waals surface area contributed by atoms with Crippen molar-refractivity contribution in [2.75, 3.05) is 33.4 Å². The van der Waals surface area contributed by atoms with Crippen molar-refractivity contribution >= 4 is 70.5 Å². The number of amides is 7. The Bertz CT molecular complexity index is 4860. The number of aliphatic hydroxyl groups is 8. The summed E-state index contributed by atoms with van der Waals surface area (Å²) < 4.78 is 56.8. The maximum Gasteiger partial charge on any atom is 0.330 e. The molecule has 0 aliphatic carbocycles. The molecule has 39 nitrogen and oxygen atoms in total. The molecular formula is C82H100Cl2N10O29. The van der Waals surface area contributed by atoms with E-state index >= 15 is 24.0 Å². The first-order valence-electron chi connectivity index (χ1n) is 38.9. The highest BCUT2D eigenvalue weighted by molar-refractivity contribution is 6.32. The first-order chi connectivity index (χ1) is 57.9. The van der Waals surface area contributed by atoms with Crippen LogP contribution in [0.15, 0.2) is 109 Å². The summed E-state index contributed by atoms with van der Waals surface area (Å²) in [6.07, 6.45) is -28.4. The van der Waals surface area contributed by atoms with Crippen LogP contribution in [0.25, 0.3) is 11.1 Å². The number of phenolic OH excluding ortho intramolecular Hbond substituents is 3. The number of carboxylic acid groups (broad SMARTS) is 1. The van der Waals surface area contributed by atoms with Gasteiger partial charge in [0.1, 0.15) is 126 Å². The third-order valence-electron chi connectivity index (χ3n) is 21.5. The second kappa shape index (κ2) is 39.6. The highest BCUT2D eigenvalue weighted by Gasteiger charge is 2.53.